The number of aryl methyl sites for hydroxylation is 1. The third-order valence-electron chi connectivity index (χ3n) is 2.13. The van der Waals surface area contributed by atoms with Crippen molar-refractivity contribution in [3.8, 4) is 0 Å². The summed E-state index contributed by atoms with van der Waals surface area (Å²) in [4.78, 5) is 18.9. The molecule has 0 radical (unpaired) electrons. The van der Waals surface area contributed by atoms with E-state index < -0.39 is 5.97 Å². The largest absolute Gasteiger partial charge is 0.481 e. The summed E-state index contributed by atoms with van der Waals surface area (Å²) in [5.41, 5.74) is 0.843. The molecule has 2 aromatic heterocycles. The summed E-state index contributed by atoms with van der Waals surface area (Å²) in [5.74, 6) is -0.263. The molecular weight excluding hydrogens is 240 g/mol. The first kappa shape index (κ1) is 11.8. The number of hydrogen-bond acceptors (Lipinski definition) is 5. The Hall–Kier alpha value is -1.63. The first-order valence-electron chi connectivity index (χ1n) is 5.12. The number of aromatic nitrogens is 4. The summed E-state index contributed by atoms with van der Waals surface area (Å²) in [5, 5.41) is 13.6. The zero-order valence-corrected chi connectivity index (χ0v) is 10.3. The van der Waals surface area contributed by atoms with E-state index in [-0.39, 0.29) is 11.7 Å². The quantitative estimate of drug-likeness (QED) is 0.654. The molecule has 0 spiro atoms. The van der Waals surface area contributed by atoms with Crippen LogP contribution in [-0.2, 0) is 4.79 Å². The maximum atomic E-state index is 10.6. The number of carboxylic acid groups (broad SMARTS) is 1. The number of carbonyl (C=O) groups is 1. The van der Waals surface area contributed by atoms with E-state index in [9.17, 15) is 4.79 Å². The Kier molecular flexibility index (Phi) is 3.28. The highest BCUT2D eigenvalue weighted by Crippen LogP contribution is 2.25. The molecule has 2 heterocycles. The summed E-state index contributed by atoms with van der Waals surface area (Å²) in [6.07, 6.45) is 1.55. The second-order valence-corrected chi connectivity index (χ2v) is 5.19. The number of carboxylic acids is 1. The molecule has 1 unspecified atom stereocenters. The minimum atomic E-state index is -0.800. The van der Waals surface area contributed by atoms with Crippen LogP contribution in [0.2, 0.25) is 0 Å². The van der Waals surface area contributed by atoms with E-state index in [2.05, 4.69) is 15.1 Å². The first-order chi connectivity index (χ1) is 8.06. The van der Waals surface area contributed by atoms with Crippen LogP contribution >= 0.6 is 11.8 Å². The highest BCUT2D eigenvalue weighted by Gasteiger charge is 2.13. The van der Waals surface area contributed by atoms with Gasteiger partial charge >= 0.3 is 5.97 Å². The van der Waals surface area contributed by atoms with Gasteiger partial charge in [0.05, 0.1) is 6.42 Å². The van der Waals surface area contributed by atoms with Crippen molar-refractivity contribution in [3.05, 3.63) is 18.1 Å². The number of thioether (sulfide) groups is 1. The van der Waals surface area contributed by atoms with E-state index in [1.807, 2.05) is 19.9 Å². The predicted octanol–water partition coefficient (Wildman–Crippen LogP) is 1.39. The SMILES string of the molecule is Cc1cc(SC(C)CC(=O)O)n2ncnc2n1. The van der Waals surface area contributed by atoms with E-state index in [0.717, 1.165) is 10.7 Å². The van der Waals surface area contributed by atoms with Crippen molar-refractivity contribution < 1.29 is 9.90 Å². The van der Waals surface area contributed by atoms with E-state index in [0.29, 0.717) is 5.78 Å². The monoisotopic (exact) mass is 252 g/mol. The molecule has 7 heteroatoms. The van der Waals surface area contributed by atoms with Gasteiger partial charge in [-0.3, -0.25) is 4.79 Å². The smallest absolute Gasteiger partial charge is 0.304 e. The number of hydrogen-bond donors (Lipinski definition) is 1. The fourth-order valence-electron chi connectivity index (χ4n) is 1.47. The molecule has 1 N–H and O–H groups in total. The van der Waals surface area contributed by atoms with Gasteiger partial charge in [-0.15, -0.1) is 11.8 Å². The van der Waals surface area contributed by atoms with Crippen molar-refractivity contribution >= 4 is 23.5 Å². The van der Waals surface area contributed by atoms with Crippen molar-refractivity contribution in [2.24, 2.45) is 0 Å². The lowest BCUT2D eigenvalue weighted by molar-refractivity contribution is -0.136. The van der Waals surface area contributed by atoms with Gasteiger partial charge in [-0.1, -0.05) is 6.92 Å². The molecule has 0 aliphatic heterocycles. The van der Waals surface area contributed by atoms with Crippen LogP contribution in [0.4, 0.5) is 0 Å². The highest BCUT2D eigenvalue weighted by molar-refractivity contribution is 7.99. The molecule has 2 aromatic rings. The number of aliphatic carboxylic acids is 1. The van der Waals surface area contributed by atoms with Crippen molar-refractivity contribution in [1.29, 1.82) is 0 Å². The van der Waals surface area contributed by atoms with Crippen LogP contribution < -0.4 is 0 Å². The summed E-state index contributed by atoms with van der Waals surface area (Å²) in [6.45, 7) is 3.75. The van der Waals surface area contributed by atoms with Crippen molar-refractivity contribution in [1.82, 2.24) is 19.6 Å². The van der Waals surface area contributed by atoms with Gasteiger partial charge < -0.3 is 5.11 Å². The van der Waals surface area contributed by atoms with Gasteiger partial charge in [-0.2, -0.15) is 14.6 Å². The van der Waals surface area contributed by atoms with Crippen LogP contribution in [0.5, 0.6) is 0 Å². The summed E-state index contributed by atoms with van der Waals surface area (Å²) < 4.78 is 1.62. The lowest BCUT2D eigenvalue weighted by Crippen LogP contribution is -2.07. The molecule has 90 valence electrons. The average molecular weight is 252 g/mol. The van der Waals surface area contributed by atoms with Gasteiger partial charge in [0.1, 0.15) is 11.4 Å². The summed E-state index contributed by atoms with van der Waals surface area (Å²) >= 11 is 1.46. The van der Waals surface area contributed by atoms with Crippen LogP contribution in [0.1, 0.15) is 19.0 Å². The van der Waals surface area contributed by atoms with Gasteiger partial charge in [-0.25, -0.2) is 4.98 Å². The topological polar surface area (TPSA) is 80.4 Å². The molecule has 0 aliphatic rings. The zero-order chi connectivity index (χ0) is 12.4. The van der Waals surface area contributed by atoms with E-state index in [1.165, 1.54) is 18.1 Å². The molecule has 0 amide bonds. The maximum Gasteiger partial charge on any atom is 0.304 e. The van der Waals surface area contributed by atoms with Crippen LogP contribution in [0.15, 0.2) is 17.4 Å². The van der Waals surface area contributed by atoms with Gasteiger partial charge in [-0.05, 0) is 13.0 Å². The van der Waals surface area contributed by atoms with Crippen molar-refractivity contribution in [3.63, 3.8) is 0 Å². The zero-order valence-electron chi connectivity index (χ0n) is 9.49. The standard InChI is InChI=1S/C10H12N4O2S/c1-6-3-8(17-7(2)4-9(15)16)14-10(13-6)11-5-12-14/h3,5,7H,4H2,1-2H3,(H,15,16). The fourth-order valence-corrected chi connectivity index (χ4v) is 2.58. The molecule has 0 fully saturated rings. The highest BCUT2D eigenvalue weighted by atomic mass is 32.2. The first-order valence-corrected chi connectivity index (χ1v) is 6.00. The molecule has 0 saturated carbocycles. The van der Waals surface area contributed by atoms with Gasteiger partial charge in [0, 0.05) is 10.9 Å². The normalized spacial score (nSPS) is 12.8. The van der Waals surface area contributed by atoms with Crippen molar-refractivity contribution in [2.75, 3.05) is 0 Å². The lowest BCUT2D eigenvalue weighted by Gasteiger charge is -2.09. The molecule has 6 nitrogen and oxygen atoms in total. The van der Waals surface area contributed by atoms with Gasteiger partial charge in [0.2, 0.25) is 0 Å². The number of nitrogens with zero attached hydrogens (tertiary/aromatic N) is 4. The average Bonchev–Trinajstić information content (AvgIpc) is 2.63. The minimum absolute atomic E-state index is 0.0262. The number of fused-ring (bicyclic) bond motifs is 1. The Labute approximate surface area is 102 Å². The molecule has 2 rings (SSSR count). The van der Waals surface area contributed by atoms with Crippen LogP contribution in [0.25, 0.3) is 5.78 Å². The minimum Gasteiger partial charge on any atom is -0.481 e. The molecule has 0 saturated heterocycles. The molecule has 1 atom stereocenters. The maximum absolute atomic E-state index is 10.6. The van der Waals surface area contributed by atoms with Crippen LogP contribution in [-0.4, -0.2) is 35.9 Å². The van der Waals surface area contributed by atoms with Crippen LogP contribution in [0, 0.1) is 6.92 Å². The van der Waals surface area contributed by atoms with E-state index in [4.69, 9.17) is 5.11 Å². The van der Waals surface area contributed by atoms with Gasteiger partial charge in [0.25, 0.3) is 5.78 Å². The molecule has 0 aliphatic carbocycles. The van der Waals surface area contributed by atoms with E-state index >= 15 is 0 Å². The van der Waals surface area contributed by atoms with Crippen LogP contribution in [0.3, 0.4) is 0 Å². The third-order valence-corrected chi connectivity index (χ3v) is 3.23. The lowest BCUT2D eigenvalue weighted by atomic mass is 10.3. The molecule has 0 aromatic carbocycles. The fraction of sp³-hybridized carbons (Fsp3) is 0.400. The van der Waals surface area contributed by atoms with E-state index in [1.54, 1.807) is 4.52 Å². The van der Waals surface area contributed by atoms with Crippen molar-refractivity contribution in [2.45, 2.75) is 30.5 Å². The molecule has 0 bridgehead atoms. The second-order valence-electron chi connectivity index (χ2n) is 3.73. The third kappa shape index (κ3) is 2.73. The Morgan fingerprint density at radius 1 is 1.65 bits per heavy atom. The molecule has 17 heavy (non-hydrogen) atoms. The molecular formula is C10H12N4O2S. The Morgan fingerprint density at radius 2 is 2.41 bits per heavy atom. The van der Waals surface area contributed by atoms with Gasteiger partial charge in [0.15, 0.2) is 0 Å². The number of rotatable bonds is 4. The Bertz CT molecular complexity index is 554. The predicted molar refractivity (Wildman–Crippen MR) is 63.1 cm³/mol. The summed E-state index contributed by atoms with van der Waals surface area (Å²) in [7, 11) is 0. The Balaban J connectivity index is 2.28. The second kappa shape index (κ2) is 4.70. The Morgan fingerprint density at radius 3 is 3.12 bits per heavy atom. The summed E-state index contributed by atoms with van der Waals surface area (Å²) in [6, 6.07) is 1.88.